The van der Waals surface area contributed by atoms with Crippen molar-refractivity contribution in [2.24, 2.45) is 5.92 Å². The van der Waals surface area contributed by atoms with E-state index in [1.54, 1.807) is 17.0 Å². The number of carboxylic acid groups (broad SMARTS) is 1. The van der Waals surface area contributed by atoms with Crippen LogP contribution in [-0.2, 0) is 11.3 Å². The number of aromatic nitrogens is 2. The lowest BCUT2D eigenvalue weighted by molar-refractivity contribution is -0.139. The van der Waals surface area contributed by atoms with Crippen LogP contribution in [0.5, 0.6) is 0 Å². The van der Waals surface area contributed by atoms with Crippen molar-refractivity contribution in [3.05, 3.63) is 22.7 Å². The lowest BCUT2D eigenvalue weighted by atomic mass is 9.84. The number of carboxylic acids is 1. The van der Waals surface area contributed by atoms with Crippen LogP contribution in [0.4, 0.5) is 5.82 Å². The second-order valence-corrected chi connectivity index (χ2v) is 5.63. The van der Waals surface area contributed by atoms with Gasteiger partial charge in [0.15, 0.2) is 5.82 Å². The number of aryl methyl sites for hydroxylation is 1. The minimum atomic E-state index is -0.908. The first-order valence-corrected chi connectivity index (χ1v) is 7.68. The summed E-state index contributed by atoms with van der Waals surface area (Å²) in [6.45, 7) is 2.60. The summed E-state index contributed by atoms with van der Waals surface area (Å²) in [6, 6.07) is -0.733. The average Bonchev–Trinajstić information content (AvgIpc) is 2.49. The second-order valence-electron chi connectivity index (χ2n) is 5.63. The molecule has 2 rings (SSSR count). The summed E-state index contributed by atoms with van der Waals surface area (Å²) in [6.07, 6.45) is 9.06. The molecule has 0 aromatic carbocycles. The molecule has 0 saturated heterocycles. The van der Waals surface area contributed by atoms with Crippen LogP contribution in [-0.4, -0.2) is 26.7 Å². The maximum absolute atomic E-state index is 12.2. The lowest BCUT2D eigenvalue weighted by Gasteiger charge is -2.28. The average molecular weight is 293 g/mol. The van der Waals surface area contributed by atoms with Gasteiger partial charge in [0.2, 0.25) is 0 Å². The summed E-state index contributed by atoms with van der Waals surface area (Å²) in [5.41, 5.74) is -0.249. The van der Waals surface area contributed by atoms with Crippen LogP contribution in [0.1, 0.15) is 45.4 Å². The quantitative estimate of drug-likeness (QED) is 0.839. The fraction of sp³-hybridized carbons (Fsp3) is 0.667. The van der Waals surface area contributed by atoms with Gasteiger partial charge in [-0.2, -0.15) is 0 Å². The number of aliphatic carboxylic acids is 1. The third kappa shape index (κ3) is 3.83. The Labute approximate surface area is 124 Å². The Hall–Kier alpha value is -1.85. The summed E-state index contributed by atoms with van der Waals surface area (Å²) in [7, 11) is 0. The van der Waals surface area contributed by atoms with Gasteiger partial charge in [-0.15, -0.1) is 0 Å². The van der Waals surface area contributed by atoms with Crippen molar-refractivity contribution < 1.29 is 9.90 Å². The van der Waals surface area contributed by atoms with Gasteiger partial charge in [-0.25, -0.2) is 9.78 Å². The van der Waals surface area contributed by atoms with Crippen molar-refractivity contribution in [2.75, 3.05) is 5.32 Å². The van der Waals surface area contributed by atoms with E-state index in [1.165, 1.54) is 0 Å². The fourth-order valence-corrected chi connectivity index (χ4v) is 2.96. The van der Waals surface area contributed by atoms with E-state index in [9.17, 15) is 14.7 Å². The predicted octanol–water partition coefficient (Wildman–Crippen LogP) is 2.10. The highest BCUT2D eigenvalue weighted by Gasteiger charge is 2.30. The van der Waals surface area contributed by atoms with Crippen molar-refractivity contribution in [1.82, 2.24) is 9.55 Å². The van der Waals surface area contributed by atoms with Gasteiger partial charge in [0.05, 0.1) is 0 Å². The Kier molecular flexibility index (Phi) is 5.36. The molecule has 0 spiro atoms. The van der Waals surface area contributed by atoms with Crippen molar-refractivity contribution in [1.29, 1.82) is 0 Å². The molecule has 0 amide bonds. The van der Waals surface area contributed by atoms with Crippen molar-refractivity contribution in [3.8, 4) is 0 Å². The highest BCUT2D eigenvalue weighted by molar-refractivity contribution is 5.77. The smallest absolute Gasteiger partial charge is 0.326 e. The molecular formula is C15H23N3O3. The highest BCUT2D eigenvalue weighted by atomic mass is 16.4. The normalized spacial score (nSPS) is 17.4. The van der Waals surface area contributed by atoms with E-state index < -0.39 is 12.0 Å². The maximum atomic E-state index is 12.2. The van der Waals surface area contributed by atoms with Gasteiger partial charge in [0, 0.05) is 18.9 Å². The molecule has 6 nitrogen and oxygen atoms in total. The Morgan fingerprint density at radius 1 is 1.48 bits per heavy atom. The number of anilines is 1. The summed E-state index contributed by atoms with van der Waals surface area (Å²) in [5.74, 6) is -0.699. The first-order chi connectivity index (χ1) is 10.1. The van der Waals surface area contributed by atoms with Crippen molar-refractivity contribution in [2.45, 2.75) is 58.0 Å². The largest absolute Gasteiger partial charge is 0.480 e. The number of carbonyl (C=O) groups is 1. The lowest BCUT2D eigenvalue weighted by Crippen LogP contribution is -2.40. The molecule has 1 atom stereocenters. The summed E-state index contributed by atoms with van der Waals surface area (Å²) in [5, 5.41) is 12.3. The summed E-state index contributed by atoms with van der Waals surface area (Å²) < 4.78 is 1.56. The van der Waals surface area contributed by atoms with Gasteiger partial charge in [-0.05, 0) is 25.2 Å². The monoisotopic (exact) mass is 293 g/mol. The maximum Gasteiger partial charge on any atom is 0.326 e. The number of nitrogens with one attached hydrogen (secondary N) is 1. The van der Waals surface area contributed by atoms with E-state index >= 15 is 0 Å². The number of hydrogen-bond acceptors (Lipinski definition) is 4. The van der Waals surface area contributed by atoms with E-state index in [2.05, 4.69) is 10.3 Å². The Bertz CT molecular complexity index is 535. The zero-order valence-corrected chi connectivity index (χ0v) is 12.4. The van der Waals surface area contributed by atoms with Gasteiger partial charge in [0.1, 0.15) is 6.04 Å². The molecular weight excluding hydrogens is 270 g/mol. The molecule has 2 N–H and O–H groups in total. The van der Waals surface area contributed by atoms with Gasteiger partial charge in [-0.1, -0.05) is 26.2 Å². The molecule has 0 aliphatic heterocycles. The summed E-state index contributed by atoms with van der Waals surface area (Å²) >= 11 is 0. The van der Waals surface area contributed by atoms with Gasteiger partial charge < -0.3 is 15.0 Å². The zero-order chi connectivity index (χ0) is 15.2. The standard InChI is InChI=1S/C15H23N3O3/c1-2-9-18-10-8-16-13(14(18)19)17-12(15(20)21)11-6-4-3-5-7-11/h8,10-12H,2-7,9H2,1H3,(H,16,17)(H,20,21). The fourth-order valence-electron chi connectivity index (χ4n) is 2.96. The van der Waals surface area contributed by atoms with Crippen LogP contribution in [0.25, 0.3) is 0 Å². The molecule has 1 saturated carbocycles. The topological polar surface area (TPSA) is 84.2 Å². The summed E-state index contributed by atoms with van der Waals surface area (Å²) in [4.78, 5) is 27.8. The van der Waals surface area contributed by atoms with E-state index in [4.69, 9.17) is 0 Å². The molecule has 1 fully saturated rings. The molecule has 21 heavy (non-hydrogen) atoms. The van der Waals surface area contributed by atoms with Crippen LogP contribution < -0.4 is 10.9 Å². The van der Waals surface area contributed by atoms with Crippen LogP contribution in [0.15, 0.2) is 17.2 Å². The Morgan fingerprint density at radius 2 is 2.19 bits per heavy atom. The van der Waals surface area contributed by atoms with Crippen molar-refractivity contribution >= 4 is 11.8 Å². The first-order valence-electron chi connectivity index (χ1n) is 7.68. The number of hydrogen-bond donors (Lipinski definition) is 2. The number of nitrogens with zero attached hydrogens (tertiary/aromatic N) is 2. The van der Waals surface area contributed by atoms with Gasteiger partial charge in [-0.3, -0.25) is 4.79 Å². The van der Waals surface area contributed by atoms with Crippen LogP contribution in [0.3, 0.4) is 0 Å². The van der Waals surface area contributed by atoms with Gasteiger partial charge >= 0.3 is 5.97 Å². The second kappa shape index (κ2) is 7.24. The Morgan fingerprint density at radius 3 is 2.81 bits per heavy atom. The molecule has 1 aromatic heterocycles. The molecule has 0 bridgehead atoms. The molecule has 0 radical (unpaired) electrons. The van der Waals surface area contributed by atoms with Crippen LogP contribution in [0, 0.1) is 5.92 Å². The highest BCUT2D eigenvalue weighted by Crippen LogP contribution is 2.27. The third-order valence-corrected chi connectivity index (χ3v) is 4.06. The molecule has 1 unspecified atom stereocenters. The Balaban J connectivity index is 2.18. The molecule has 1 aliphatic rings. The SMILES string of the molecule is CCCn1ccnc(NC(C(=O)O)C2CCCCC2)c1=O. The zero-order valence-electron chi connectivity index (χ0n) is 12.4. The number of rotatable bonds is 6. The molecule has 1 aliphatic carbocycles. The minimum Gasteiger partial charge on any atom is -0.480 e. The first kappa shape index (κ1) is 15.5. The third-order valence-electron chi connectivity index (χ3n) is 4.06. The van der Waals surface area contributed by atoms with Crippen molar-refractivity contribution in [3.63, 3.8) is 0 Å². The van der Waals surface area contributed by atoms with E-state index in [-0.39, 0.29) is 17.3 Å². The van der Waals surface area contributed by atoms with E-state index in [1.807, 2.05) is 6.92 Å². The predicted molar refractivity (Wildman–Crippen MR) is 80.4 cm³/mol. The van der Waals surface area contributed by atoms with E-state index in [0.29, 0.717) is 6.54 Å². The van der Waals surface area contributed by atoms with Crippen LogP contribution in [0.2, 0.25) is 0 Å². The van der Waals surface area contributed by atoms with Crippen LogP contribution >= 0.6 is 0 Å². The molecule has 116 valence electrons. The molecule has 1 heterocycles. The molecule has 6 heteroatoms. The minimum absolute atomic E-state index is 0.0669. The van der Waals surface area contributed by atoms with E-state index in [0.717, 1.165) is 38.5 Å². The van der Waals surface area contributed by atoms with Gasteiger partial charge in [0.25, 0.3) is 5.56 Å². The molecule has 1 aromatic rings.